The van der Waals surface area contributed by atoms with Gasteiger partial charge in [0.25, 0.3) is 0 Å². The van der Waals surface area contributed by atoms with Crippen LogP contribution in [0.4, 0.5) is 0 Å². The molecule has 0 saturated heterocycles. The Hall–Kier alpha value is -1.18. The Labute approximate surface area is 97.3 Å². The van der Waals surface area contributed by atoms with Gasteiger partial charge >= 0.3 is 0 Å². The molecule has 2 heteroatoms. The van der Waals surface area contributed by atoms with Gasteiger partial charge in [0.2, 0.25) is 0 Å². The molecule has 0 saturated carbocycles. The van der Waals surface area contributed by atoms with E-state index in [1.165, 1.54) is 5.56 Å². The van der Waals surface area contributed by atoms with Gasteiger partial charge in [-0.15, -0.1) is 0 Å². The first-order valence-corrected chi connectivity index (χ1v) is 5.98. The highest BCUT2D eigenvalue weighted by atomic mass is 16.5. The molecule has 0 aromatic heterocycles. The summed E-state index contributed by atoms with van der Waals surface area (Å²) in [5.74, 6) is 1.38. The molecule has 1 aliphatic heterocycles. The molecule has 2 rings (SSSR count). The molecule has 1 heterocycles. The van der Waals surface area contributed by atoms with E-state index in [4.69, 9.17) is 4.74 Å². The summed E-state index contributed by atoms with van der Waals surface area (Å²) in [6, 6.07) is 1.80. The molecular formula is C14H20O2. The maximum absolute atomic E-state index is 9.79. The molecule has 0 unspecified atom stereocenters. The average molecular weight is 220 g/mol. The monoisotopic (exact) mass is 220 g/mol. The summed E-state index contributed by atoms with van der Waals surface area (Å²) in [6.45, 7) is 8.29. The molecule has 1 aromatic carbocycles. The third kappa shape index (κ3) is 1.66. The lowest BCUT2D eigenvalue weighted by Gasteiger charge is -2.36. The van der Waals surface area contributed by atoms with Crippen LogP contribution in [0, 0.1) is 13.8 Å². The van der Waals surface area contributed by atoms with Crippen LogP contribution in [0.5, 0.6) is 11.5 Å². The van der Waals surface area contributed by atoms with Crippen LogP contribution in [-0.2, 0) is 6.42 Å². The van der Waals surface area contributed by atoms with Gasteiger partial charge in [-0.1, -0.05) is 6.92 Å². The summed E-state index contributed by atoms with van der Waals surface area (Å²) in [4.78, 5) is 0. The van der Waals surface area contributed by atoms with Gasteiger partial charge in [-0.05, 0) is 57.2 Å². The number of aromatic hydroxyl groups is 1. The van der Waals surface area contributed by atoms with Crippen LogP contribution in [0.15, 0.2) is 6.07 Å². The lowest BCUT2D eigenvalue weighted by molar-refractivity contribution is 0.0599. The lowest BCUT2D eigenvalue weighted by atomic mass is 9.87. The number of ether oxygens (including phenoxy) is 1. The van der Waals surface area contributed by atoms with E-state index in [1.807, 2.05) is 13.8 Å². The summed E-state index contributed by atoms with van der Waals surface area (Å²) in [5, 5.41) is 9.79. The molecule has 16 heavy (non-hydrogen) atoms. The first-order chi connectivity index (χ1) is 7.47. The fourth-order valence-electron chi connectivity index (χ4n) is 2.32. The van der Waals surface area contributed by atoms with Crippen molar-refractivity contribution in [3.8, 4) is 11.5 Å². The first kappa shape index (κ1) is 11.3. The molecule has 0 aliphatic carbocycles. The number of benzene rings is 1. The number of fused-ring (bicyclic) bond motifs is 1. The highest BCUT2D eigenvalue weighted by Gasteiger charge is 2.31. The second-order valence-electron chi connectivity index (χ2n) is 5.05. The van der Waals surface area contributed by atoms with Crippen molar-refractivity contribution in [1.29, 1.82) is 0 Å². The second-order valence-corrected chi connectivity index (χ2v) is 5.05. The average Bonchev–Trinajstić information content (AvgIpc) is 2.26. The highest BCUT2D eigenvalue weighted by Crippen LogP contribution is 2.41. The molecule has 0 radical (unpaired) electrons. The van der Waals surface area contributed by atoms with Gasteiger partial charge in [-0.2, -0.15) is 0 Å². The van der Waals surface area contributed by atoms with E-state index in [2.05, 4.69) is 13.8 Å². The van der Waals surface area contributed by atoms with Crippen LogP contribution < -0.4 is 4.74 Å². The minimum Gasteiger partial charge on any atom is -0.508 e. The molecule has 0 bridgehead atoms. The van der Waals surface area contributed by atoms with E-state index >= 15 is 0 Å². The smallest absolute Gasteiger partial charge is 0.126 e. The topological polar surface area (TPSA) is 29.5 Å². The predicted molar refractivity (Wildman–Crippen MR) is 65.2 cm³/mol. The standard InChI is InChI=1S/C14H20O2/c1-5-14(4)7-6-11-10(3)12(15)8-9(2)13(11)16-14/h8,15H,5-7H2,1-4H3/t14-/m1/s1. The Morgan fingerprint density at radius 2 is 2.12 bits per heavy atom. The summed E-state index contributed by atoms with van der Waals surface area (Å²) < 4.78 is 6.12. The minimum absolute atomic E-state index is 0.0405. The van der Waals surface area contributed by atoms with Crippen molar-refractivity contribution in [3.05, 3.63) is 22.8 Å². The third-order valence-electron chi connectivity index (χ3n) is 3.82. The normalized spacial score (nSPS) is 23.8. The van der Waals surface area contributed by atoms with Gasteiger partial charge in [-0.25, -0.2) is 0 Å². The Kier molecular flexibility index (Phi) is 2.61. The van der Waals surface area contributed by atoms with Gasteiger partial charge in [0.05, 0.1) is 0 Å². The molecule has 1 aliphatic rings. The molecule has 88 valence electrons. The van der Waals surface area contributed by atoms with Gasteiger partial charge < -0.3 is 9.84 Å². The van der Waals surface area contributed by atoms with E-state index in [9.17, 15) is 5.11 Å². The Bertz CT molecular complexity index is 423. The fourth-order valence-corrected chi connectivity index (χ4v) is 2.32. The van der Waals surface area contributed by atoms with Crippen molar-refractivity contribution < 1.29 is 9.84 Å². The van der Waals surface area contributed by atoms with Crippen molar-refractivity contribution in [1.82, 2.24) is 0 Å². The Balaban J connectivity index is 2.51. The maximum Gasteiger partial charge on any atom is 0.126 e. The molecule has 2 nitrogen and oxygen atoms in total. The molecular weight excluding hydrogens is 200 g/mol. The summed E-state index contributed by atoms with van der Waals surface area (Å²) in [6.07, 6.45) is 3.05. The summed E-state index contributed by atoms with van der Waals surface area (Å²) in [5.41, 5.74) is 3.15. The fraction of sp³-hybridized carbons (Fsp3) is 0.571. The SMILES string of the molecule is CC[C@]1(C)CCc2c(C)c(O)cc(C)c2O1. The van der Waals surface area contributed by atoms with Gasteiger partial charge in [0, 0.05) is 5.56 Å². The molecule has 0 fully saturated rings. The van der Waals surface area contributed by atoms with Crippen LogP contribution in [0.1, 0.15) is 43.4 Å². The highest BCUT2D eigenvalue weighted by molar-refractivity contribution is 5.53. The van der Waals surface area contributed by atoms with Gasteiger partial charge in [-0.3, -0.25) is 0 Å². The molecule has 0 spiro atoms. The quantitative estimate of drug-likeness (QED) is 0.785. The van der Waals surface area contributed by atoms with Crippen LogP contribution in [0.2, 0.25) is 0 Å². The number of phenols is 1. The zero-order valence-corrected chi connectivity index (χ0v) is 10.6. The van der Waals surface area contributed by atoms with E-state index in [0.717, 1.165) is 36.1 Å². The van der Waals surface area contributed by atoms with Crippen LogP contribution in [-0.4, -0.2) is 10.7 Å². The van der Waals surface area contributed by atoms with Crippen molar-refractivity contribution in [2.45, 2.75) is 52.6 Å². The third-order valence-corrected chi connectivity index (χ3v) is 3.82. The zero-order chi connectivity index (χ0) is 11.9. The van der Waals surface area contributed by atoms with Crippen LogP contribution in [0.3, 0.4) is 0 Å². The summed E-state index contributed by atoms with van der Waals surface area (Å²) >= 11 is 0. The number of hydrogen-bond acceptors (Lipinski definition) is 2. The van der Waals surface area contributed by atoms with Gasteiger partial charge in [0.15, 0.2) is 0 Å². The van der Waals surface area contributed by atoms with Crippen LogP contribution >= 0.6 is 0 Å². The van der Waals surface area contributed by atoms with E-state index in [1.54, 1.807) is 6.07 Å². The lowest BCUT2D eigenvalue weighted by Crippen LogP contribution is -2.36. The van der Waals surface area contributed by atoms with Crippen LogP contribution in [0.25, 0.3) is 0 Å². The predicted octanol–water partition coefficient (Wildman–Crippen LogP) is 3.50. The van der Waals surface area contributed by atoms with Crippen molar-refractivity contribution in [2.24, 2.45) is 0 Å². The molecule has 1 N–H and O–H groups in total. The zero-order valence-electron chi connectivity index (χ0n) is 10.6. The molecule has 1 aromatic rings. The molecule has 0 amide bonds. The van der Waals surface area contributed by atoms with E-state index < -0.39 is 0 Å². The number of hydrogen-bond donors (Lipinski definition) is 1. The van der Waals surface area contributed by atoms with E-state index in [0.29, 0.717) is 5.75 Å². The Morgan fingerprint density at radius 3 is 2.75 bits per heavy atom. The largest absolute Gasteiger partial charge is 0.508 e. The number of rotatable bonds is 1. The van der Waals surface area contributed by atoms with Crippen molar-refractivity contribution >= 4 is 0 Å². The Morgan fingerprint density at radius 1 is 1.44 bits per heavy atom. The van der Waals surface area contributed by atoms with Crippen molar-refractivity contribution in [2.75, 3.05) is 0 Å². The minimum atomic E-state index is -0.0405. The summed E-state index contributed by atoms with van der Waals surface area (Å²) in [7, 11) is 0. The number of aryl methyl sites for hydroxylation is 1. The number of phenolic OH excluding ortho intramolecular Hbond substituents is 1. The maximum atomic E-state index is 9.79. The van der Waals surface area contributed by atoms with Gasteiger partial charge in [0.1, 0.15) is 17.1 Å². The molecule has 1 atom stereocenters. The van der Waals surface area contributed by atoms with Crippen molar-refractivity contribution in [3.63, 3.8) is 0 Å². The second kappa shape index (κ2) is 3.69. The van der Waals surface area contributed by atoms with E-state index in [-0.39, 0.29) is 5.60 Å². The first-order valence-electron chi connectivity index (χ1n) is 5.98.